The molecule has 12 heteroatoms. The average molecular weight is 516 g/mol. The Morgan fingerprint density at radius 2 is 1.97 bits per heavy atom. The number of para-hydroxylation sites is 1. The zero-order chi connectivity index (χ0) is 25.5. The van der Waals surface area contributed by atoms with Crippen molar-refractivity contribution in [2.45, 2.75) is 44.7 Å². The van der Waals surface area contributed by atoms with E-state index in [2.05, 4.69) is 10.4 Å². The number of aromatic nitrogens is 2. The number of anilines is 1. The second-order valence-corrected chi connectivity index (χ2v) is 8.44. The fourth-order valence-electron chi connectivity index (χ4n) is 3.40. The first kappa shape index (κ1) is 24.9. The maximum absolute atomic E-state index is 15.3. The number of alkyl halides is 3. The number of hydrogen-bond acceptors (Lipinski definition) is 4. The summed E-state index contributed by atoms with van der Waals surface area (Å²) in [7, 11) is 0. The quantitative estimate of drug-likeness (QED) is 0.385. The standard InChI is InChI=1S/C23H19ClF5N3O3/c1-11(23(27,28)29)35-20-9-14(19-7-12(10-33)31-32(19)13-5-6-13)18(26)8-15(20)22(34)30-21-16(24)3-2-4-17(21)25/h2-4,7-9,11,13,33H,5-6,10H2,1H3,(H,30,34)/t11-/m0/s1. The van der Waals surface area contributed by atoms with Crippen LogP contribution in [-0.4, -0.2) is 33.1 Å². The summed E-state index contributed by atoms with van der Waals surface area (Å²) in [6, 6.07) is 6.65. The average Bonchev–Trinajstić information content (AvgIpc) is 3.55. The van der Waals surface area contributed by atoms with Crippen LogP contribution in [0.5, 0.6) is 5.75 Å². The molecule has 0 bridgehead atoms. The van der Waals surface area contributed by atoms with Gasteiger partial charge in [-0.1, -0.05) is 17.7 Å². The molecule has 6 nitrogen and oxygen atoms in total. The van der Waals surface area contributed by atoms with Crippen LogP contribution in [-0.2, 0) is 6.61 Å². The number of aliphatic hydroxyl groups is 1. The van der Waals surface area contributed by atoms with E-state index in [1.54, 1.807) is 0 Å². The molecule has 1 heterocycles. The number of halogens is 6. The first-order chi connectivity index (χ1) is 16.5. The Kier molecular flexibility index (Phi) is 6.74. The summed E-state index contributed by atoms with van der Waals surface area (Å²) in [5.74, 6) is -3.55. The minimum atomic E-state index is -4.78. The van der Waals surface area contributed by atoms with E-state index in [0.29, 0.717) is 6.07 Å². The number of carbonyl (C=O) groups excluding carboxylic acids is 1. The van der Waals surface area contributed by atoms with Gasteiger partial charge in [-0.15, -0.1) is 0 Å². The highest BCUT2D eigenvalue weighted by molar-refractivity contribution is 6.34. The van der Waals surface area contributed by atoms with Gasteiger partial charge in [0.05, 0.1) is 40.3 Å². The predicted molar refractivity (Wildman–Crippen MR) is 117 cm³/mol. The molecule has 1 amide bonds. The second-order valence-electron chi connectivity index (χ2n) is 8.04. The summed E-state index contributed by atoms with van der Waals surface area (Å²) in [5.41, 5.74) is -0.732. The zero-order valence-corrected chi connectivity index (χ0v) is 18.9. The van der Waals surface area contributed by atoms with Crippen LogP contribution in [0.4, 0.5) is 27.6 Å². The number of hydrogen-bond donors (Lipinski definition) is 2. The van der Waals surface area contributed by atoms with Crippen LogP contribution >= 0.6 is 11.6 Å². The van der Waals surface area contributed by atoms with Crippen molar-refractivity contribution in [2.24, 2.45) is 0 Å². The maximum Gasteiger partial charge on any atom is 0.425 e. The van der Waals surface area contributed by atoms with Crippen LogP contribution in [0.25, 0.3) is 11.3 Å². The smallest absolute Gasteiger partial charge is 0.425 e. The number of benzene rings is 2. The lowest BCUT2D eigenvalue weighted by molar-refractivity contribution is -0.189. The molecule has 3 aromatic rings. The molecule has 0 spiro atoms. The van der Waals surface area contributed by atoms with Gasteiger partial charge in [0.25, 0.3) is 5.91 Å². The van der Waals surface area contributed by atoms with Crippen molar-refractivity contribution in [3.63, 3.8) is 0 Å². The summed E-state index contributed by atoms with van der Waals surface area (Å²) in [4.78, 5) is 12.9. The highest BCUT2D eigenvalue weighted by Crippen LogP contribution is 2.41. The van der Waals surface area contributed by atoms with Crippen molar-refractivity contribution >= 4 is 23.2 Å². The maximum atomic E-state index is 15.3. The first-order valence-electron chi connectivity index (χ1n) is 10.5. The van der Waals surface area contributed by atoms with Crippen LogP contribution in [0, 0.1) is 11.6 Å². The predicted octanol–water partition coefficient (Wildman–Crippen LogP) is 5.89. The Morgan fingerprint density at radius 1 is 1.26 bits per heavy atom. The van der Waals surface area contributed by atoms with Crippen molar-refractivity contribution in [1.82, 2.24) is 9.78 Å². The zero-order valence-electron chi connectivity index (χ0n) is 18.2. The van der Waals surface area contributed by atoms with Gasteiger partial charge in [-0.3, -0.25) is 9.48 Å². The van der Waals surface area contributed by atoms with E-state index in [0.717, 1.165) is 31.9 Å². The van der Waals surface area contributed by atoms with Crippen LogP contribution in [0.1, 0.15) is 41.9 Å². The molecule has 2 aromatic carbocycles. The third-order valence-electron chi connectivity index (χ3n) is 5.40. The van der Waals surface area contributed by atoms with E-state index in [4.69, 9.17) is 16.3 Å². The number of amides is 1. The normalized spacial score (nSPS) is 14.6. The molecule has 1 aliphatic rings. The number of ether oxygens (including phenoxy) is 1. The van der Waals surface area contributed by atoms with Crippen LogP contribution < -0.4 is 10.1 Å². The van der Waals surface area contributed by atoms with Crippen LogP contribution in [0.2, 0.25) is 5.02 Å². The van der Waals surface area contributed by atoms with E-state index in [9.17, 15) is 27.5 Å². The Balaban J connectivity index is 1.80. The molecule has 0 saturated heterocycles. The number of nitrogens with one attached hydrogen (secondary N) is 1. The SMILES string of the molecule is C[C@H](Oc1cc(-c2cc(CO)nn2C2CC2)c(F)cc1C(=O)Nc1c(F)cccc1Cl)C(F)(F)F. The van der Waals surface area contributed by atoms with Gasteiger partial charge in [0.1, 0.15) is 17.4 Å². The van der Waals surface area contributed by atoms with E-state index >= 15 is 4.39 Å². The number of aliphatic hydroxyl groups excluding tert-OH is 1. The summed E-state index contributed by atoms with van der Waals surface area (Å²) >= 11 is 5.91. The molecule has 2 N–H and O–H groups in total. The van der Waals surface area contributed by atoms with Gasteiger partial charge < -0.3 is 15.2 Å². The molecule has 0 unspecified atom stereocenters. The minimum Gasteiger partial charge on any atom is -0.480 e. The summed E-state index contributed by atoms with van der Waals surface area (Å²) < 4.78 is 75.6. The third kappa shape index (κ3) is 5.25. The highest BCUT2D eigenvalue weighted by Gasteiger charge is 2.39. The highest BCUT2D eigenvalue weighted by atomic mass is 35.5. The molecule has 0 aliphatic heterocycles. The Hall–Kier alpha value is -3.18. The lowest BCUT2D eigenvalue weighted by Gasteiger charge is -2.21. The minimum absolute atomic E-state index is 0.0469. The molecule has 35 heavy (non-hydrogen) atoms. The molecule has 1 saturated carbocycles. The fraction of sp³-hybridized carbons (Fsp3) is 0.304. The van der Waals surface area contributed by atoms with Crippen molar-refractivity contribution in [3.05, 3.63) is 64.3 Å². The van der Waals surface area contributed by atoms with Gasteiger partial charge in [0, 0.05) is 5.56 Å². The van der Waals surface area contributed by atoms with Gasteiger partial charge in [-0.2, -0.15) is 18.3 Å². The summed E-state index contributed by atoms with van der Waals surface area (Å²) in [5, 5.41) is 15.7. The van der Waals surface area contributed by atoms with E-state index in [1.165, 1.54) is 22.9 Å². The van der Waals surface area contributed by atoms with E-state index in [1.807, 2.05) is 0 Å². The van der Waals surface area contributed by atoms with Crippen molar-refractivity contribution in [1.29, 1.82) is 0 Å². The van der Waals surface area contributed by atoms with Crippen molar-refractivity contribution in [3.8, 4) is 17.0 Å². The lowest BCUT2D eigenvalue weighted by atomic mass is 10.0. The Bertz CT molecular complexity index is 1250. The summed E-state index contributed by atoms with van der Waals surface area (Å²) in [6.07, 6.45) is -5.60. The van der Waals surface area contributed by atoms with Crippen molar-refractivity contribution in [2.75, 3.05) is 5.32 Å². The fourth-order valence-corrected chi connectivity index (χ4v) is 3.61. The van der Waals surface area contributed by atoms with Crippen LogP contribution in [0.3, 0.4) is 0 Å². The number of rotatable bonds is 7. The first-order valence-corrected chi connectivity index (χ1v) is 10.9. The van der Waals surface area contributed by atoms with E-state index < -0.39 is 53.4 Å². The van der Waals surface area contributed by atoms with Gasteiger partial charge in [-0.25, -0.2) is 8.78 Å². The Labute approximate surface area is 201 Å². The number of carbonyl (C=O) groups is 1. The molecule has 1 atom stereocenters. The largest absolute Gasteiger partial charge is 0.480 e. The molecule has 186 valence electrons. The third-order valence-corrected chi connectivity index (χ3v) is 5.71. The van der Waals surface area contributed by atoms with Gasteiger partial charge in [0.2, 0.25) is 0 Å². The van der Waals surface area contributed by atoms with Crippen molar-refractivity contribution < 1.29 is 36.6 Å². The molecule has 1 aliphatic carbocycles. The molecule has 1 fully saturated rings. The topological polar surface area (TPSA) is 76.4 Å². The molecule has 0 radical (unpaired) electrons. The van der Waals surface area contributed by atoms with Gasteiger partial charge >= 0.3 is 6.18 Å². The Morgan fingerprint density at radius 3 is 2.57 bits per heavy atom. The molecule has 4 rings (SSSR count). The molecular formula is C23H19ClF5N3O3. The number of nitrogens with zero attached hydrogens (tertiary/aromatic N) is 2. The molecule has 1 aromatic heterocycles. The lowest BCUT2D eigenvalue weighted by Crippen LogP contribution is -2.32. The second kappa shape index (κ2) is 9.46. The monoisotopic (exact) mass is 515 g/mol. The summed E-state index contributed by atoms with van der Waals surface area (Å²) in [6.45, 7) is 0.309. The molecular weight excluding hydrogens is 497 g/mol. The van der Waals surface area contributed by atoms with Gasteiger partial charge in [0.15, 0.2) is 6.10 Å². The van der Waals surface area contributed by atoms with Gasteiger partial charge in [-0.05, 0) is 50.1 Å². The van der Waals surface area contributed by atoms with Crippen LogP contribution in [0.15, 0.2) is 36.4 Å². The van der Waals surface area contributed by atoms with E-state index in [-0.39, 0.29) is 28.0 Å².